The van der Waals surface area contributed by atoms with Crippen molar-refractivity contribution in [3.05, 3.63) is 29.8 Å². The van der Waals surface area contributed by atoms with Crippen molar-refractivity contribution in [3.8, 4) is 12.3 Å². The Bertz CT molecular complexity index is 390. The minimum Gasteiger partial charge on any atom is -0.326 e. The summed E-state index contributed by atoms with van der Waals surface area (Å²) in [5.41, 5.74) is 1.20. The summed E-state index contributed by atoms with van der Waals surface area (Å²) in [5.74, 6) is 2.52. The van der Waals surface area contributed by atoms with E-state index in [1.807, 2.05) is 20.8 Å². The first-order valence-corrected chi connectivity index (χ1v) is 4.81. The lowest BCUT2D eigenvalue weighted by atomic mass is 9.95. The molecule has 0 aliphatic rings. The first kappa shape index (κ1) is 11.3. The number of hydrogen-bond donors (Lipinski definition) is 1. The molecule has 1 amide bonds. The highest BCUT2D eigenvalue weighted by atomic mass is 16.2. The van der Waals surface area contributed by atoms with E-state index in [1.165, 1.54) is 0 Å². The van der Waals surface area contributed by atoms with E-state index in [0.29, 0.717) is 0 Å². The van der Waals surface area contributed by atoms with Gasteiger partial charge in [0.2, 0.25) is 5.91 Å². The Morgan fingerprint density at radius 2 is 1.80 bits per heavy atom. The second-order valence-electron chi connectivity index (χ2n) is 4.43. The summed E-state index contributed by atoms with van der Waals surface area (Å²) in [6, 6.07) is 7.22. The van der Waals surface area contributed by atoms with Crippen molar-refractivity contribution < 1.29 is 4.79 Å². The lowest BCUT2D eigenvalue weighted by molar-refractivity contribution is -0.123. The molecule has 1 N–H and O–H groups in total. The minimum absolute atomic E-state index is 0.00374. The van der Waals surface area contributed by atoms with Crippen molar-refractivity contribution in [2.24, 2.45) is 5.41 Å². The van der Waals surface area contributed by atoms with E-state index in [1.54, 1.807) is 24.3 Å². The SMILES string of the molecule is C#Cc1ccc(NC(=O)C(C)(C)C)cc1. The van der Waals surface area contributed by atoms with Crippen LogP contribution in [0.1, 0.15) is 26.3 Å². The molecule has 15 heavy (non-hydrogen) atoms. The molecule has 0 atom stereocenters. The summed E-state index contributed by atoms with van der Waals surface area (Å²) in [7, 11) is 0. The molecule has 0 saturated carbocycles. The van der Waals surface area contributed by atoms with Crippen LogP contribution in [0.25, 0.3) is 0 Å². The van der Waals surface area contributed by atoms with Crippen LogP contribution in [0.3, 0.4) is 0 Å². The Morgan fingerprint density at radius 3 is 2.20 bits per heavy atom. The second-order valence-corrected chi connectivity index (χ2v) is 4.43. The Hall–Kier alpha value is -1.75. The number of nitrogens with one attached hydrogen (secondary N) is 1. The van der Waals surface area contributed by atoms with E-state index in [-0.39, 0.29) is 11.3 Å². The third-order valence-electron chi connectivity index (χ3n) is 1.99. The molecule has 1 rings (SSSR count). The molecule has 2 nitrogen and oxygen atoms in total. The van der Waals surface area contributed by atoms with Crippen LogP contribution < -0.4 is 5.32 Å². The summed E-state index contributed by atoms with van der Waals surface area (Å²) >= 11 is 0. The highest BCUT2D eigenvalue weighted by molar-refractivity contribution is 5.94. The van der Waals surface area contributed by atoms with Gasteiger partial charge in [-0.05, 0) is 24.3 Å². The molecule has 0 unspecified atom stereocenters. The first-order chi connectivity index (χ1) is 6.93. The predicted octanol–water partition coefficient (Wildman–Crippen LogP) is 2.65. The van der Waals surface area contributed by atoms with Crippen LogP contribution in [-0.4, -0.2) is 5.91 Å². The van der Waals surface area contributed by atoms with Crippen LogP contribution in [-0.2, 0) is 4.79 Å². The molecular weight excluding hydrogens is 186 g/mol. The normalized spacial score (nSPS) is 10.5. The molecule has 0 bridgehead atoms. The van der Waals surface area contributed by atoms with Gasteiger partial charge < -0.3 is 5.32 Å². The van der Waals surface area contributed by atoms with E-state index in [9.17, 15) is 4.79 Å². The van der Waals surface area contributed by atoms with Crippen LogP contribution in [0.4, 0.5) is 5.69 Å². The lowest BCUT2D eigenvalue weighted by Gasteiger charge is -2.17. The maximum atomic E-state index is 11.6. The standard InChI is InChI=1S/C13H15NO/c1-5-10-6-8-11(9-7-10)14-12(15)13(2,3)4/h1,6-9H,2-4H3,(H,14,15). The van der Waals surface area contributed by atoms with Gasteiger partial charge in [0, 0.05) is 16.7 Å². The van der Waals surface area contributed by atoms with Gasteiger partial charge >= 0.3 is 0 Å². The average molecular weight is 201 g/mol. The molecule has 2 heteroatoms. The predicted molar refractivity (Wildman–Crippen MR) is 62.5 cm³/mol. The third-order valence-corrected chi connectivity index (χ3v) is 1.99. The topological polar surface area (TPSA) is 29.1 Å². The van der Waals surface area contributed by atoms with Gasteiger partial charge in [0.1, 0.15) is 0 Å². The minimum atomic E-state index is -0.384. The zero-order chi connectivity index (χ0) is 11.5. The highest BCUT2D eigenvalue weighted by Gasteiger charge is 2.20. The summed E-state index contributed by atoms with van der Waals surface area (Å²) in [4.78, 5) is 11.6. The lowest BCUT2D eigenvalue weighted by Crippen LogP contribution is -2.27. The molecule has 0 heterocycles. The van der Waals surface area contributed by atoms with Gasteiger partial charge in [-0.1, -0.05) is 26.7 Å². The molecule has 0 spiro atoms. The quantitative estimate of drug-likeness (QED) is 0.695. The number of hydrogen-bond acceptors (Lipinski definition) is 1. The average Bonchev–Trinajstić information content (AvgIpc) is 2.17. The number of terminal acetylenes is 1. The van der Waals surface area contributed by atoms with Crippen molar-refractivity contribution in [1.82, 2.24) is 0 Å². The maximum Gasteiger partial charge on any atom is 0.229 e. The Balaban J connectivity index is 2.75. The largest absolute Gasteiger partial charge is 0.326 e. The van der Waals surface area contributed by atoms with Crippen molar-refractivity contribution in [2.75, 3.05) is 5.32 Å². The highest BCUT2D eigenvalue weighted by Crippen LogP contribution is 2.17. The van der Waals surface area contributed by atoms with Crippen LogP contribution in [0.5, 0.6) is 0 Å². The van der Waals surface area contributed by atoms with Gasteiger partial charge in [0.15, 0.2) is 0 Å². The van der Waals surface area contributed by atoms with E-state index < -0.39 is 0 Å². The smallest absolute Gasteiger partial charge is 0.229 e. The fourth-order valence-electron chi connectivity index (χ4n) is 0.968. The summed E-state index contributed by atoms with van der Waals surface area (Å²) < 4.78 is 0. The molecular formula is C13H15NO. The van der Waals surface area contributed by atoms with Crippen molar-refractivity contribution >= 4 is 11.6 Å². The van der Waals surface area contributed by atoms with E-state index in [4.69, 9.17) is 6.42 Å². The molecule has 1 aromatic carbocycles. The van der Waals surface area contributed by atoms with Crippen LogP contribution >= 0.6 is 0 Å². The molecule has 0 saturated heterocycles. The molecule has 0 radical (unpaired) electrons. The van der Waals surface area contributed by atoms with Gasteiger partial charge in [-0.15, -0.1) is 6.42 Å². The second kappa shape index (κ2) is 4.18. The van der Waals surface area contributed by atoms with E-state index in [0.717, 1.165) is 11.3 Å². The summed E-state index contributed by atoms with van der Waals surface area (Å²) in [5, 5.41) is 2.83. The van der Waals surface area contributed by atoms with Gasteiger partial charge in [-0.2, -0.15) is 0 Å². The fraction of sp³-hybridized carbons (Fsp3) is 0.308. The maximum absolute atomic E-state index is 11.6. The molecule has 0 aliphatic heterocycles. The third kappa shape index (κ3) is 3.14. The first-order valence-electron chi connectivity index (χ1n) is 4.81. The molecule has 0 aliphatic carbocycles. The van der Waals surface area contributed by atoms with Gasteiger partial charge in [-0.25, -0.2) is 0 Å². The summed E-state index contributed by atoms with van der Waals surface area (Å²) in [6.45, 7) is 5.62. The Labute approximate surface area is 90.7 Å². The number of carbonyl (C=O) groups is 1. The number of benzene rings is 1. The number of anilines is 1. The monoisotopic (exact) mass is 201 g/mol. The Morgan fingerprint density at radius 1 is 1.27 bits per heavy atom. The van der Waals surface area contributed by atoms with Crippen molar-refractivity contribution in [1.29, 1.82) is 0 Å². The molecule has 0 fully saturated rings. The molecule has 1 aromatic rings. The Kier molecular flexibility index (Phi) is 3.16. The number of carbonyl (C=O) groups excluding carboxylic acids is 1. The van der Waals surface area contributed by atoms with Crippen molar-refractivity contribution in [2.45, 2.75) is 20.8 Å². The number of amides is 1. The zero-order valence-electron chi connectivity index (χ0n) is 9.29. The number of rotatable bonds is 1. The van der Waals surface area contributed by atoms with Gasteiger partial charge in [0.05, 0.1) is 0 Å². The van der Waals surface area contributed by atoms with E-state index >= 15 is 0 Å². The zero-order valence-corrected chi connectivity index (χ0v) is 9.29. The van der Waals surface area contributed by atoms with Crippen LogP contribution in [0.2, 0.25) is 0 Å². The fourth-order valence-corrected chi connectivity index (χ4v) is 0.968. The van der Waals surface area contributed by atoms with Crippen LogP contribution in [0.15, 0.2) is 24.3 Å². The summed E-state index contributed by atoms with van der Waals surface area (Å²) in [6.07, 6.45) is 5.23. The van der Waals surface area contributed by atoms with Gasteiger partial charge in [0.25, 0.3) is 0 Å². The van der Waals surface area contributed by atoms with Crippen molar-refractivity contribution in [3.63, 3.8) is 0 Å². The van der Waals surface area contributed by atoms with E-state index in [2.05, 4.69) is 11.2 Å². The van der Waals surface area contributed by atoms with Crippen LogP contribution in [0, 0.1) is 17.8 Å². The molecule has 0 aromatic heterocycles. The van der Waals surface area contributed by atoms with Gasteiger partial charge in [-0.3, -0.25) is 4.79 Å². The molecule has 78 valence electrons.